The Labute approximate surface area is 90.0 Å². The number of hydrogen-bond donors (Lipinski definition) is 0. The van der Waals surface area contributed by atoms with Gasteiger partial charge < -0.3 is 4.74 Å². The van der Waals surface area contributed by atoms with Gasteiger partial charge in [0.05, 0.1) is 7.11 Å². The molecule has 0 saturated heterocycles. The van der Waals surface area contributed by atoms with E-state index in [1.54, 1.807) is 6.08 Å². The Balaban J connectivity index is 2.93. The number of ether oxygens (including phenoxy) is 1. The lowest BCUT2D eigenvalue weighted by molar-refractivity contribution is 0.179. The molecule has 1 amide bonds. The summed E-state index contributed by atoms with van der Waals surface area (Å²) in [5, 5.41) is 0. The summed E-state index contributed by atoms with van der Waals surface area (Å²) in [6.07, 6.45) is 1.29. The molecule has 0 fully saturated rings. The molecule has 0 unspecified atom stereocenters. The minimum atomic E-state index is -0.376. The Kier molecular flexibility index (Phi) is 3.92. The topological polar surface area (TPSA) is 29.5 Å². The van der Waals surface area contributed by atoms with E-state index in [-0.39, 0.29) is 6.09 Å². The van der Waals surface area contributed by atoms with Crippen molar-refractivity contribution < 1.29 is 9.53 Å². The second-order valence-electron chi connectivity index (χ2n) is 3.20. The Morgan fingerprint density at radius 1 is 1.47 bits per heavy atom. The van der Waals surface area contributed by atoms with E-state index in [1.807, 2.05) is 31.2 Å². The van der Waals surface area contributed by atoms with E-state index >= 15 is 0 Å². The van der Waals surface area contributed by atoms with Crippen molar-refractivity contribution in [2.75, 3.05) is 18.6 Å². The van der Waals surface area contributed by atoms with E-state index in [1.165, 1.54) is 12.0 Å². The Morgan fingerprint density at radius 3 is 2.53 bits per heavy atom. The highest BCUT2D eigenvalue weighted by Gasteiger charge is 2.13. The smallest absolute Gasteiger partial charge is 0.414 e. The largest absolute Gasteiger partial charge is 0.452 e. The van der Waals surface area contributed by atoms with Crippen molar-refractivity contribution in [2.45, 2.75) is 6.92 Å². The van der Waals surface area contributed by atoms with Crippen molar-refractivity contribution in [2.24, 2.45) is 0 Å². The van der Waals surface area contributed by atoms with Crippen LogP contribution < -0.4 is 4.90 Å². The Morgan fingerprint density at radius 2 is 2.07 bits per heavy atom. The summed E-state index contributed by atoms with van der Waals surface area (Å²) in [5.74, 6) is 0. The summed E-state index contributed by atoms with van der Waals surface area (Å²) in [5.41, 5.74) is 1.97. The molecule has 1 rings (SSSR count). The molecule has 0 aliphatic rings. The highest BCUT2D eigenvalue weighted by Crippen LogP contribution is 2.15. The molecule has 1 aromatic rings. The molecule has 80 valence electrons. The van der Waals surface area contributed by atoms with Crippen LogP contribution in [0.4, 0.5) is 10.5 Å². The third-order valence-electron chi connectivity index (χ3n) is 2.05. The molecule has 0 aliphatic heterocycles. The molecule has 1 aromatic carbocycles. The molecule has 3 heteroatoms. The lowest BCUT2D eigenvalue weighted by atomic mass is 10.2. The molecule has 0 spiro atoms. The van der Waals surface area contributed by atoms with Gasteiger partial charge in [-0.15, -0.1) is 6.58 Å². The average molecular weight is 205 g/mol. The highest BCUT2D eigenvalue weighted by molar-refractivity contribution is 5.87. The van der Waals surface area contributed by atoms with Crippen molar-refractivity contribution >= 4 is 11.8 Å². The molecular formula is C12H15NO2. The zero-order valence-electron chi connectivity index (χ0n) is 9.06. The van der Waals surface area contributed by atoms with Gasteiger partial charge in [-0.1, -0.05) is 23.8 Å². The van der Waals surface area contributed by atoms with Gasteiger partial charge in [-0.2, -0.15) is 0 Å². The molecule has 0 saturated carbocycles. The van der Waals surface area contributed by atoms with Crippen LogP contribution in [0.25, 0.3) is 0 Å². The zero-order chi connectivity index (χ0) is 11.3. The van der Waals surface area contributed by atoms with E-state index in [2.05, 4.69) is 11.3 Å². The monoisotopic (exact) mass is 205 g/mol. The van der Waals surface area contributed by atoms with Crippen LogP contribution in [0.5, 0.6) is 0 Å². The van der Waals surface area contributed by atoms with E-state index < -0.39 is 0 Å². The number of benzene rings is 1. The predicted octanol–water partition coefficient (Wildman–Crippen LogP) is 2.75. The quantitative estimate of drug-likeness (QED) is 0.710. The van der Waals surface area contributed by atoms with Crippen LogP contribution in [0.2, 0.25) is 0 Å². The molecule has 0 radical (unpaired) electrons. The highest BCUT2D eigenvalue weighted by atomic mass is 16.5. The number of carbonyl (C=O) groups is 1. The van der Waals surface area contributed by atoms with Gasteiger partial charge >= 0.3 is 6.09 Å². The van der Waals surface area contributed by atoms with Crippen LogP contribution >= 0.6 is 0 Å². The maximum atomic E-state index is 11.4. The first-order chi connectivity index (χ1) is 7.19. The fourth-order valence-electron chi connectivity index (χ4n) is 1.25. The number of methoxy groups -OCH3 is 1. The second kappa shape index (κ2) is 5.20. The normalized spacial score (nSPS) is 9.47. The summed E-state index contributed by atoms with van der Waals surface area (Å²) in [6.45, 7) is 6.05. The Hall–Kier alpha value is -1.77. The van der Waals surface area contributed by atoms with Crippen molar-refractivity contribution in [1.29, 1.82) is 0 Å². The third-order valence-corrected chi connectivity index (χ3v) is 2.05. The Bertz CT molecular complexity index is 343. The van der Waals surface area contributed by atoms with E-state index in [4.69, 9.17) is 0 Å². The summed E-state index contributed by atoms with van der Waals surface area (Å²) in [7, 11) is 1.37. The summed E-state index contributed by atoms with van der Waals surface area (Å²) in [4.78, 5) is 13.0. The number of anilines is 1. The van der Waals surface area contributed by atoms with E-state index in [0.29, 0.717) is 6.54 Å². The van der Waals surface area contributed by atoms with E-state index in [0.717, 1.165) is 11.3 Å². The van der Waals surface area contributed by atoms with Crippen LogP contribution in [0.3, 0.4) is 0 Å². The summed E-state index contributed by atoms with van der Waals surface area (Å²) < 4.78 is 4.69. The fourth-order valence-corrected chi connectivity index (χ4v) is 1.25. The van der Waals surface area contributed by atoms with Gasteiger partial charge in [-0.05, 0) is 19.1 Å². The van der Waals surface area contributed by atoms with Gasteiger partial charge in [0.2, 0.25) is 0 Å². The van der Waals surface area contributed by atoms with Gasteiger partial charge in [0, 0.05) is 12.2 Å². The molecule has 0 aliphatic carbocycles. The van der Waals surface area contributed by atoms with Crippen LogP contribution in [0.1, 0.15) is 5.56 Å². The number of carbonyl (C=O) groups excluding carboxylic acids is 1. The predicted molar refractivity (Wildman–Crippen MR) is 61.1 cm³/mol. The molecule has 0 atom stereocenters. The van der Waals surface area contributed by atoms with Crippen LogP contribution in [-0.4, -0.2) is 19.7 Å². The van der Waals surface area contributed by atoms with Crippen molar-refractivity contribution in [3.05, 3.63) is 42.5 Å². The maximum absolute atomic E-state index is 11.4. The van der Waals surface area contributed by atoms with Crippen molar-refractivity contribution in [3.63, 3.8) is 0 Å². The first kappa shape index (κ1) is 11.3. The first-order valence-corrected chi connectivity index (χ1v) is 4.72. The zero-order valence-corrected chi connectivity index (χ0v) is 9.06. The molecule has 15 heavy (non-hydrogen) atoms. The third kappa shape index (κ3) is 2.84. The minimum Gasteiger partial charge on any atom is -0.452 e. The molecule has 0 bridgehead atoms. The number of hydrogen-bond acceptors (Lipinski definition) is 2. The van der Waals surface area contributed by atoms with Crippen molar-refractivity contribution in [1.82, 2.24) is 0 Å². The maximum Gasteiger partial charge on any atom is 0.414 e. The molecule has 0 heterocycles. The summed E-state index contributed by atoms with van der Waals surface area (Å²) in [6, 6.07) is 7.67. The SMILES string of the molecule is C=CCN(C(=O)OC)c1ccc(C)cc1. The van der Waals surface area contributed by atoms with Crippen molar-refractivity contribution in [3.8, 4) is 0 Å². The van der Waals surface area contributed by atoms with Gasteiger partial charge in [-0.25, -0.2) is 4.79 Å². The van der Waals surface area contributed by atoms with E-state index in [9.17, 15) is 4.79 Å². The van der Waals surface area contributed by atoms with Gasteiger partial charge in [-0.3, -0.25) is 4.90 Å². The molecule has 0 N–H and O–H groups in total. The van der Waals surface area contributed by atoms with Crippen LogP contribution in [-0.2, 0) is 4.74 Å². The summed E-state index contributed by atoms with van der Waals surface area (Å²) >= 11 is 0. The average Bonchev–Trinajstić information content (AvgIpc) is 2.26. The number of amides is 1. The number of nitrogens with zero attached hydrogens (tertiary/aromatic N) is 1. The van der Waals surface area contributed by atoms with Gasteiger partial charge in [0.15, 0.2) is 0 Å². The molecule has 0 aromatic heterocycles. The lowest BCUT2D eigenvalue weighted by Gasteiger charge is -2.19. The number of aryl methyl sites for hydroxylation is 1. The first-order valence-electron chi connectivity index (χ1n) is 4.72. The molecular weight excluding hydrogens is 190 g/mol. The second-order valence-corrected chi connectivity index (χ2v) is 3.20. The number of rotatable bonds is 3. The standard InChI is InChI=1S/C12H15NO2/c1-4-9-13(12(14)15-3)11-7-5-10(2)6-8-11/h4-8H,1,9H2,2-3H3. The van der Waals surface area contributed by atoms with Gasteiger partial charge in [0.25, 0.3) is 0 Å². The van der Waals surface area contributed by atoms with Crippen LogP contribution in [0.15, 0.2) is 36.9 Å². The lowest BCUT2D eigenvalue weighted by Crippen LogP contribution is -2.30. The fraction of sp³-hybridized carbons (Fsp3) is 0.250. The van der Waals surface area contributed by atoms with Gasteiger partial charge in [0.1, 0.15) is 0 Å². The van der Waals surface area contributed by atoms with Crippen LogP contribution in [0, 0.1) is 6.92 Å². The molecule has 3 nitrogen and oxygen atoms in total. The minimum absolute atomic E-state index is 0.376.